The Hall–Kier alpha value is -3.30. The van der Waals surface area contributed by atoms with E-state index >= 15 is 0 Å². The van der Waals surface area contributed by atoms with Crippen LogP contribution in [0.25, 0.3) is 11.8 Å². The summed E-state index contributed by atoms with van der Waals surface area (Å²) in [5.74, 6) is -0.0761. The molecule has 8 nitrogen and oxygen atoms in total. The number of carbonyl (C=O) groups is 2. The van der Waals surface area contributed by atoms with Gasteiger partial charge in [0.05, 0.1) is 39.1 Å². The molecule has 4 aromatic rings. The number of nitrogens with zero attached hydrogens (tertiary/aromatic N) is 2. The van der Waals surface area contributed by atoms with Gasteiger partial charge in [-0.15, -0.1) is 0 Å². The molecule has 2 heterocycles. The van der Waals surface area contributed by atoms with E-state index in [-0.39, 0.29) is 17.7 Å². The van der Waals surface area contributed by atoms with Crippen LogP contribution in [0.5, 0.6) is 11.5 Å². The molecule has 3 aromatic carbocycles. The van der Waals surface area contributed by atoms with Gasteiger partial charge in [-0.3, -0.25) is 14.2 Å². The highest BCUT2D eigenvalue weighted by Crippen LogP contribution is 2.36. The molecule has 0 unspecified atom stereocenters. The van der Waals surface area contributed by atoms with E-state index < -0.39 is 18.0 Å². The minimum atomic E-state index is -0.836. The molecular weight excluding hydrogens is 782 g/mol. The van der Waals surface area contributed by atoms with Gasteiger partial charge in [-0.05, 0) is 88.0 Å². The minimum Gasteiger partial charge on any atom is -0.497 e. The fourth-order valence-electron chi connectivity index (χ4n) is 4.65. The molecule has 1 aromatic heterocycles. The van der Waals surface area contributed by atoms with Crippen LogP contribution in [-0.2, 0) is 14.3 Å². The third-order valence-electron chi connectivity index (χ3n) is 6.35. The summed E-state index contributed by atoms with van der Waals surface area (Å²) in [7, 11) is 1.56. The van der Waals surface area contributed by atoms with Crippen LogP contribution in [0.1, 0.15) is 36.6 Å². The number of esters is 2. The van der Waals surface area contributed by atoms with Gasteiger partial charge < -0.3 is 14.2 Å². The van der Waals surface area contributed by atoms with Crippen molar-refractivity contribution in [3.05, 3.63) is 116 Å². The van der Waals surface area contributed by atoms with E-state index in [4.69, 9.17) is 19.2 Å². The highest BCUT2D eigenvalue weighted by atomic mass is 127. The Labute approximate surface area is 272 Å². The van der Waals surface area contributed by atoms with E-state index in [1.54, 1.807) is 32.2 Å². The predicted octanol–water partition coefficient (Wildman–Crippen LogP) is 5.08. The van der Waals surface area contributed by atoms with Crippen molar-refractivity contribution in [2.45, 2.75) is 19.9 Å². The largest absolute Gasteiger partial charge is 0.497 e. The Bertz CT molecular complexity index is 1910. The fraction of sp³-hybridized carbons (Fsp3) is 0.161. The predicted molar refractivity (Wildman–Crippen MR) is 177 cm³/mol. The molecular formula is C31H24I2N2O6S. The number of rotatable bonds is 7. The van der Waals surface area contributed by atoms with Crippen LogP contribution in [-0.4, -0.2) is 30.2 Å². The second-order valence-corrected chi connectivity index (χ2v) is 12.5. The molecule has 0 saturated heterocycles. The molecule has 0 spiro atoms. The van der Waals surface area contributed by atoms with Crippen LogP contribution in [0.3, 0.4) is 0 Å². The smallest absolute Gasteiger partial charge is 0.338 e. The average molecular weight is 806 g/mol. The monoisotopic (exact) mass is 806 g/mol. The minimum absolute atomic E-state index is 0.157. The number of carbonyl (C=O) groups excluding carboxylic acids is 2. The van der Waals surface area contributed by atoms with Gasteiger partial charge in [0.15, 0.2) is 10.6 Å². The van der Waals surface area contributed by atoms with Crippen molar-refractivity contribution < 1.29 is 23.8 Å². The normalized spacial score (nSPS) is 14.7. The number of hydrogen-bond acceptors (Lipinski definition) is 8. The topological polar surface area (TPSA) is 96.2 Å². The summed E-state index contributed by atoms with van der Waals surface area (Å²) in [6, 6.07) is 19.5. The lowest BCUT2D eigenvalue weighted by molar-refractivity contribution is -0.139. The van der Waals surface area contributed by atoms with Crippen LogP contribution >= 0.6 is 56.5 Å². The number of halogens is 2. The van der Waals surface area contributed by atoms with Gasteiger partial charge in [0.25, 0.3) is 5.56 Å². The first-order valence-electron chi connectivity index (χ1n) is 12.8. The van der Waals surface area contributed by atoms with Crippen molar-refractivity contribution >= 4 is 80.2 Å². The third-order valence-corrected chi connectivity index (χ3v) is 8.76. The van der Waals surface area contributed by atoms with Gasteiger partial charge in [0.2, 0.25) is 0 Å². The highest BCUT2D eigenvalue weighted by molar-refractivity contribution is 14.1. The molecule has 1 aliphatic heterocycles. The van der Waals surface area contributed by atoms with Gasteiger partial charge in [0.1, 0.15) is 5.75 Å². The molecule has 42 heavy (non-hydrogen) atoms. The summed E-state index contributed by atoms with van der Waals surface area (Å²) in [5, 5.41) is 0. The molecule has 0 bridgehead atoms. The summed E-state index contributed by atoms with van der Waals surface area (Å²) in [4.78, 5) is 45.0. The van der Waals surface area contributed by atoms with Crippen LogP contribution in [0.15, 0.2) is 82.1 Å². The molecule has 0 radical (unpaired) electrons. The van der Waals surface area contributed by atoms with Crippen LogP contribution in [0, 0.1) is 7.14 Å². The molecule has 214 valence electrons. The molecule has 0 saturated carbocycles. The molecule has 1 atom stereocenters. The van der Waals surface area contributed by atoms with Crippen molar-refractivity contribution in [3.63, 3.8) is 0 Å². The average Bonchev–Trinajstić information content (AvgIpc) is 3.28. The number of ether oxygens (including phenoxy) is 3. The Morgan fingerprint density at radius 2 is 1.83 bits per heavy atom. The lowest BCUT2D eigenvalue weighted by Gasteiger charge is -2.26. The summed E-state index contributed by atoms with van der Waals surface area (Å²) in [5.41, 5.74) is 2.30. The fourth-order valence-corrected chi connectivity index (χ4v) is 7.64. The number of hydrogen-bond donors (Lipinski definition) is 0. The van der Waals surface area contributed by atoms with Crippen LogP contribution < -0.4 is 24.4 Å². The van der Waals surface area contributed by atoms with Crippen molar-refractivity contribution in [2.75, 3.05) is 13.7 Å². The number of methoxy groups -OCH3 is 1. The second-order valence-electron chi connectivity index (χ2n) is 9.11. The van der Waals surface area contributed by atoms with Crippen molar-refractivity contribution in [1.82, 2.24) is 4.57 Å². The van der Waals surface area contributed by atoms with Gasteiger partial charge in [-0.2, -0.15) is 0 Å². The molecule has 0 amide bonds. The summed E-state index contributed by atoms with van der Waals surface area (Å²) >= 11 is 5.48. The van der Waals surface area contributed by atoms with Crippen LogP contribution in [0.4, 0.5) is 0 Å². The summed E-state index contributed by atoms with van der Waals surface area (Å²) < 4.78 is 20.1. The molecule has 0 N–H and O–H groups in total. The summed E-state index contributed by atoms with van der Waals surface area (Å²) in [6.07, 6.45) is 1.70. The zero-order chi connectivity index (χ0) is 30.0. The highest BCUT2D eigenvalue weighted by Gasteiger charge is 2.35. The standard InChI is InChI=1S/C31H24I2N2O6S/c1-4-40-30(38)25-26(18-9-6-5-7-10-18)34-31-35(27(25)19-11-8-12-22(14-19)39-3)29(37)24(42-31)15-20-13-21(32)16-23(33)28(20)41-17(2)36/h5-16,27H,4H2,1-3H3/b24-15-/t27-/m1/s1. The first-order chi connectivity index (χ1) is 20.2. The van der Waals surface area contributed by atoms with Gasteiger partial charge in [0, 0.05) is 21.6 Å². The van der Waals surface area contributed by atoms with E-state index in [1.165, 1.54) is 22.8 Å². The zero-order valence-electron chi connectivity index (χ0n) is 22.7. The number of benzene rings is 3. The number of thiazole rings is 1. The quantitative estimate of drug-likeness (QED) is 0.147. The maximum absolute atomic E-state index is 14.2. The SMILES string of the molecule is CCOC(=O)C1=C(c2ccccc2)N=c2s/c(=C\c3cc(I)cc(I)c3OC(C)=O)c(=O)n2[C@@H]1c1cccc(OC)c1. The van der Waals surface area contributed by atoms with E-state index in [1.807, 2.05) is 54.6 Å². The van der Waals surface area contributed by atoms with Crippen molar-refractivity contribution in [2.24, 2.45) is 4.99 Å². The Kier molecular flexibility index (Phi) is 9.28. The number of fused-ring (bicyclic) bond motifs is 1. The first-order valence-corrected chi connectivity index (χ1v) is 15.8. The Balaban J connectivity index is 1.85. The molecule has 11 heteroatoms. The van der Waals surface area contributed by atoms with Crippen molar-refractivity contribution in [3.8, 4) is 11.5 Å². The maximum Gasteiger partial charge on any atom is 0.338 e. The van der Waals surface area contributed by atoms with Crippen LogP contribution in [0.2, 0.25) is 0 Å². The lowest BCUT2D eigenvalue weighted by atomic mass is 9.93. The van der Waals surface area contributed by atoms with Gasteiger partial charge >= 0.3 is 11.9 Å². The summed E-state index contributed by atoms with van der Waals surface area (Å²) in [6.45, 7) is 3.23. The number of aromatic nitrogens is 1. The van der Waals surface area contributed by atoms with Gasteiger partial charge in [-0.25, -0.2) is 9.79 Å². The molecule has 5 rings (SSSR count). The molecule has 0 aliphatic carbocycles. The van der Waals surface area contributed by atoms with E-state index in [2.05, 4.69) is 45.2 Å². The third kappa shape index (κ3) is 6.08. The van der Waals surface area contributed by atoms with E-state index in [0.717, 1.165) is 12.7 Å². The lowest BCUT2D eigenvalue weighted by Crippen LogP contribution is -2.40. The Morgan fingerprint density at radius 3 is 2.52 bits per heavy atom. The maximum atomic E-state index is 14.2. The Morgan fingerprint density at radius 1 is 1.07 bits per heavy atom. The van der Waals surface area contributed by atoms with E-state index in [9.17, 15) is 14.4 Å². The molecule has 1 aliphatic rings. The van der Waals surface area contributed by atoms with Gasteiger partial charge in [-0.1, -0.05) is 53.8 Å². The van der Waals surface area contributed by atoms with Crippen molar-refractivity contribution in [1.29, 1.82) is 0 Å². The second kappa shape index (κ2) is 12.9. The first kappa shape index (κ1) is 30.2. The zero-order valence-corrected chi connectivity index (χ0v) is 27.9. The molecule has 0 fully saturated rings. The van der Waals surface area contributed by atoms with E-state index in [0.29, 0.717) is 37.7 Å².